The highest BCUT2D eigenvalue weighted by molar-refractivity contribution is 5.68. The molecule has 0 bridgehead atoms. The molecule has 0 amide bonds. The van der Waals surface area contributed by atoms with E-state index < -0.39 is 17.8 Å². The van der Waals surface area contributed by atoms with Gasteiger partial charge in [0.1, 0.15) is 5.82 Å². The van der Waals surface area contributed by atoms with Gasteiger partial charge in [0.25, 0.3) is 0 Å². The van der Waals surface area contributed by atoms with E-state index in [2.05, 4.69) is 9.97 Å². The van der Waals surface area contributed by atoms with Crippen molar-refractivity contribution in [2.75, 3.05) is 29.4 Å². The minimum atomic E-state index is -4.52. The van der Waals surface area contributed by atoms with Crippen LogP contribution in [0.5, 0.6) is 0 Å². The fourth-order valence-corrected chi connectivity index (χ4v) is 4.43. The van der Waals surface area contributed by atoms with Crippen molar-refractivity contribution in [3.63, 3.8) is 0 Å². The average molecular weight is 370 g/mol. The lowest BCUT2D eigenvalue weighted by Gasteiger charge is -2.26. The number of anilines is 2. The van der Waals surface area contributed by atoms with Crippen molar-refractivity contribution in [1.29, 1.82) is 0 Å². The predicted octanol–water partition coefficient (Wildman–Crippen LogP) is 2.64. The van der Waals surface area contributed by atoms with Crippen molar-refractivity contribution in [1.82, 2.24) is 9.97 Å². The zero-order chi connectivity index (χ0) is 18.6. The van der Waals surface area contributed by atoms with Crippen LogP contribution in [-0.4, -0.2) is 46.7 Å². The molecule has 4 rings (SSSR count). The number of fused-ring (bicyclic) bond motifs is 1. The van der Waals surface area contributed by atoms with Gasteiger partial charge in [-0.25, -0.2) is 4.98 Å². The normalized spacial score (nSPS) is 30.6. The predicted molar refractivity (Wildman–Crippen MR) is 88.0 cm³/mol. The van der Waals surface area contributed by atoms with E-state index in [1.165, 1.54) is 0 Å². The minimum absolute atomic E-state index is 0.123. The number of aliphatic carboxylic acids is 1. The van der Waals surface area contributed by atoms with Gasteiger partial charge in [-0.2, -0.15) is 18.2 Å². The highest BCUT2D eigenvalue weighted by Crippen LogP contribution is 2.54. The van der Waals surface area contributed by atoms with Gasteiger partial charge in [-0.3, -0.25) is 4.79 Å². The topological polar surface area (TPSA) is 69.6 Å². The number of carboxylic acids is 1. The molecule has 26 heavy (non-hydrogen) atoms. The fraction of sp³-hybridized carbons (Fsp3) is 0.706. The highest BCUT2D eigenvalue weighted by atomic mass is 19.4. The third-order valence-electron chi connectivity index (χ3n) is 5.91. The second-order valence-electron chi connectivity index (χ2n) is 7.59. The minimum Gasteiger partial charge on any atom is -0.481 e. The zero-order valence-electron chi connectivity index (χ0n) is 14.4. The maximum absolute atomic E-state index is 13.3. The van der Waals surface area contributed by atoms with E-state index in [0.29, 0.717) is 25.5 Å². The molecular weight excluding hydrogens is 349 g/mol. The summed E-state index contributed by atoms with van der Waals surface area (Å²) in [6, 6.07) is 1.14. The van der Waals surface area contributed by atoms with E-state index in [-0.39, 0.29) is 36.2 Å². The van der Waals surface area contributed by atoms with Crippen LogP contribution in [0.15, 0.2) is 6.07 Å². The molecule has 1 saturated carbocycles. The van der Waals surface area contributed by atoms with Crippen LogP contribution >= 0.6 is 0 Å². The molecule has 3 aliphatic rings. The standard InChI is InChI=1S/C17H21F3N4O2/c1-9-3-2-4-24(9)16-21-13(17(18,19)20)6-14(22-16)23-7-11-10(5-15(25)26)12(11)8-23/h6,9-12H,2-5,7-8H2,1H3,(H,25,26)/t9-,10-,11-,12+/m0/s1. The Morgan fingerprint density at radius 2 is 2.00 bits per heavy atom. The number of hydrogen-bond acceptors (Lipinski definition) is 5. The van der Waals surface area contributed by atoms with Gasteiger partial charge in [-0.05, 0) is 37.5 Å². The Labute approximate surface area is 149 Å². The first-order valence-electron chi connectivity index (χ1n) is 8.93. The largest absolute Gasteiger partial charge is 0.481 e. The van der Waals surface area contributed by atoms with E-state index in [4.69, 9.17) is 5.11 Å². The number of alkyl halides is 3. The van der Waals surface area contributed by atoms with E-state index in [1.54, 1.807) is 0 Å². The Balaban J connectivity index is 1.58. The Kier molecular flexibility index (Phi) is 4.00. The highest BCUT2D eigenvalue weighted by Gasteiger charge is 2.56. The van der Waals surface area contributed by atoms with Gasteiger partial charge in [0.2, 0.25) is 5.95 Å². The molecule has 0 radical (unpaired) electrons. The van der Waals surface area contributed by atoms with Gasteiger partial charge in [0, 0.05) is 38.2 Å². The van der Waals surface area contributed by atoms with Gasteiger partial charge in [-0.15, -0.1) is 0 Å². The van der Waals surface area contributed by atoms with Crippen LogP contribution in [0.1, 0.15) is 31.9 Å². The number of halogens is 3. The molecule has 0 spiro atoms. The summed E-state index contributed by atoms with van der Waals surface area (Å²) in [7, 11) is 0. The first-order valence-corrected chi connectivity index (χ1v) is 8.93. The van der Waals surface area contributed by atoms with E-state index in [9.17, 15) is 18.0 Å². The van der Waals surface area contributed by atoms with Crippen LogP contribution in [0.4, 0.5) is 24.9 Å². The summed E-state index contributed by atoms with van der Waals surface area (Å²) in [5.74, 6) is 0.243. The third kappa shape index (κ3) is 3.07. The molecule has 1 N–H and O–H groups in total. The second kappa shape index (κ2) is 5.99. The quantitative estimate of drug-likeness (QED) is 0.879. The Morgan fingerprint density at radius 1 is 1.31 bits per heavy atom. The molecular formula is C17H21F3N4O2. The molecule has 1 aliphatic carbocycles. The van der Waals surface area contributed by atoms with Crippen LogP contribution < -0.4 is 9.80 Å². The number of carboxylic acid groups (broad SMARTS) is 1. The SMILES string of the molecule is C[C@H]1CCCN1c1nc(N2C[C@@H]3[C@@H](CC(=O)O)[C@@H]3C2)cc(C(F)(F)F)n1. The molecule has 9 heteroatoms. The molecule has 1 aromatic rings. The lowest BCUT2D eigenvalue weighted by Crippen LogP contribution is -2.31. The van der Waals surface area contributed by atoms with Gasteiger partial charge < -0.3 is 14.9 Å². The molecule has 0 unspecified atom stereocenters. The Bertz CT molecular complexity index is 714. The molecule has 142 valence electrons. The number of carbonyl (C=O) groups is 1. The molecule has 6 nitrogen and oxygen atoms in total. The van der Waals surface area contributed by atoms with E-state index in [1.807, 2.05) is 16.7 Å². The van der Waals surface area contributed by atoms with Gasteiger partial charge in [-0.1, -0.05) is 0 Å². The number of hydrogen-bond donors (Lipinski definition) is 1. The molecule has 4 atom stereocenters. The summed E-state index contributed by atoms with van der Waals surface area (Å²) in [5, 5.41) is 8.91. The van der Waals surface area contributed by atoms with Crippen molar-refractivity contribution >= 4 is 17.7 Å². The molecule has 3 fully saturated rings. The summed E-state index contributed by atoms with van der Waals surface area (Å²) in [4.78, 5) is 22.7. The Morgan fingerprint density at radius 3 is 2.54 bits per heavy atom. The van der Waals surface area contributed by atoms with Crippen LogP contribution in [-0.2, 0) is 11.0 Å². The monoisotopic (exact) mass is 370 g/mol. The van der Waals surface area contributed by atoms with E-state index >= 15 is 0 Å². The number of aromatic nitrogens is 2. The second-order valence-corrected chi connectivity index (χ2v) is 7.59. The number of piperidine rings is 1. The lowest BCUT2D eigenvalue weighted by atomic mass is 10.2. The summed E-state index contributed by atoms with van der Waals surface area (Å²) in [5.41, 5.74) is -0.917. The van der Waals surface area contributed by atoms with Crippen molar-refractivity contribution in [2.24, 2.45) is 17.8 Å². The molecule has 3 heterocycles. The first kappa shape index (κ1) is 17.4. The van der Waals surface area contributed by atoms with Crippen LogP contribution in [0.3, 0.4) is 0 Å². The number of rotatable bonds is 4. The van der Waals surface area contributed by atoms with Crippen molar-refractivity contribution in [3.05, 3.63) is 11.8 Å². The van der Waals surface area contributed by atoms with Gasteiger partial charge in [0.05, 0.1) is 0 Å². The van der Waals surface area contributed by atoms with Crippen LogP contribution in [0.25, 0.3) is 0 Å². The van der Waals surface area contributed by atoms with E-state index in [0.717, 1.165) is 18.9 Å². The van der Waals surface area contributed by atoms with Crippen LogP contribution in [0.2, 0.25) is 0 Å². The Hall–Kier alpha value is -2.06. The lowest BCUT2D eigenvalue weighted by molar-refractivity contribution is -0.141. The van der Waals surface area contributed by atoms with Crippen molar-refractivity contribution in [3.8, 4) is 0 Å². The summed E-state index contributed by atoms with van der Waals surface area (Å²) in [6.07, 6.45) is -2.55. The number of nitrogens with zero attached hydrogens (tertiary/aromatic N) is 4. The van der Waals surface area contributed by atoms with Crippen molar-refractivity contribution < 1.29 is 23.1 Å². The maximum Gasteiger partial charge on any atom is 0.433 e. The third-order valence-corrected chi connectivity index (χ3v) is 5.91. The average Bonchev–Trinajstić information content (AvgIpc) is 2.95. The van der Waals surface area contributed by atoms with Gasteiger partial charge >= 0.3 is 12.1 Å². The summed E-state index contributed by atoms with van der Waals surface area (Å²) >= 11 is 0. The zero-order valence-corrected chi connectivity index (χ0v) is 14.4. The van der Waals surface area contributed by atoms with Gasteiger partial charge in [0.15, 0.2) is 5.69 Å². The summed E-state index contributed by atoms with van der Waals surface area (Å²) in [6.45, 7) is 3.75. The smallest absolute Gasteiger partial charge is 0.433 e. The first-order chi connectivity index (χ1) is 12.2. The molecule has 1 aromatic heterocycles. The molecule has 2 saturated heterocycles. The van der Waals surface area contributed by atoms with Crippen molar-refractivity contribution in [2.45, 2.75) is 38.4 Å². The van der Waals surface area contributed by atoms with Crippen LogP contribution in [0, 0.1) is 17.8 Å². The maximum atomic E-state index is 13.3. The fourth-order valence-electron chi connectivity index (χ4n) is 4.43. The summed E-state index contributed by atoms with van der Waals surface area (Å²) < 4.78 is 40.0. The molecule has 0 aromatic carbocycles. The molecule has 2 aliphatic heterocycles.